The van der Waals surface area contributed by atoms with Gasteiger partial charge in [0.25, 0.3) is 0 Å². The fourth-order valence-electron chi connectivity index (χ4n) is 5.17. The van der Waals surface area contributed by atoms with Gasteiger partial charge in [0.2, 0.25) is 5.88 Å². The highest BCUT2D eigenvalue weighted by atomic mass is 19.1. The summed E-state index contributed by atoms with van der Waals surface area (Å²) in [5.41, 5.74) is 2.37. The standard InChI is InChI=1S/C30H43FN4O5/c1-20-24(26(28(36)37)40-29(2,3)4)25(35-9-7-30(5,6)8-10-35)22(19-32-20)21-17-23(31)27(33-18-21)39-16-13-34-11-14-38-15-12-34/h17-19,26H,7-16H2,1-6H3,(H,36,37)/t26-/m0/s1. The van der Waals surface area contributed by atoms with E-state index in [4.69, 9.17) is 14.2 Å². The minimum atomic E-state index is -1.24. The lowest BCUT2D eigenvalue weighted by molar-refractivity contribution is -0.160. The number of aliphatic carboxylic acids is 1. The third-order valence-corrected chi connectivity index (χ3v) is 7.55. The Bertz CT molecular complexity index is 1180. The highest BCUT2D eigenvalue weighted by Gasteiger charge is 2.36. The van der Waals surface area contributed by atoms with Crippen molar-refractivity contribution in [2.75, 3.05) is 57.4 Å². The van der Waals surface area contributed by atoms with Gasteiger partial charge in [-0.05, 0) is 52.0 Å². The van der Waals surface area contributed by atoms with Crippen LogP contribution >= 0.6 is 0 Å². The van der Waals surface area contributed by atoms with Crippen molar-refractivity contribution >= 4 is 11.7 Å². The van der Waals surface area contributed by atoms with Gasteiger partial charge in [0.05, 0.1) is 24.5 Å². The van der Waals surface area contributed by atoms with Crippen LogP contribution in [0.3, 0.4) is 0 Å². The Kier molecular flexibility index (Phi) is 9.32. The summed E-state index contributed by atoms with van der Waals surface area (Å²) >= 11 is 0. The average molecular weight is 559 g/mol. The molecule has 2 aliphatic rings. The monoisotopic (exact) mass is 558 g/mol. The number of carbonyl (C=O) groups is 1. The van der Waals surface area contributed by atoms with E-state index in [1.165, 1.54) is 6.07 Å². The van der Waals surface area contributed by atoms with Gasteiger partial charge in [-0.25, -0.2) is 14.2 Å². The van der Waals surface area contributed by atoms with E-state index in [0.717, 1.165) is 39.0 Å². The van der Waals surface area contributed by atoms with Crippen molar-refractivity contribution in [2.24, 2.45) is 5.41 Å². The van der Waals surface area contributed by atoms with E-state index in [-0.39, 0.29) is 11.3 Å². The number of aryl methyl sites for hydroxylation is 1. The molecule has 0 aliphatic carbocycles. The first-order chi connectivity index (χ1) is 18.8. The number of pyridine rings is 2. The SMILES string of the molecule is Cc1ncc(-c2cnc(OCCN3CCOCC3)c(F)c2)c(N2CCC(C)(C)CC2)c1[C@H](OC(C)(C)C)C(=O)O. The Morgan fingerprint density at radius 2 is 1.82 bits per heavy atom. The van der Waals surface area contributed by atoms with Gasteiger partial charge in [-0.3, -0.25) is 9.88 Å². The number of morpholine rings is 1. The first kappa shape index (κ1) is 30.1. The van der Waals surface area contributed by atoms with Crippen LogP contribution in [0.4, 0.5) is 10.1 Å². The molecule has 0 bridgehead atoms. The van der Waals surface area contributed by atoms with Crippen molar-refractivity contribution in [3.05, 3.63) is 35.5 Å². The average Bonchev–Trinajstić information content (AvgIpc) is 2.88. The van der Waals surface area contributed by atoms with E-state index >= 15 is 4.39 Å². The summed E-state index contributed by atoms with van der Waals surface area (Å²) in [5.74, 6) is -1.73. The molecule has 10 heteroatoms. The van der Waals surface area contributed by atoms with Crippen LogP contribution in [0.15, 0.2) is 18.5 Å². The zero-order valence-electron chi connectivity index (χ0n) is 24.6. The van der Waals surface area contributed by atoms with Gasteiger partial charge in [-0.1, -0.05) is 13.8 Å². The van der Waals surface area contributed by atoms with E-state index < -0.39 is 23.5 Å². The Hall–Kier alpha value is -2.82. The minimum absolute atomic E-state index is 0.0574. The molecular weight excluding hydrogens is 515 g/mol. The zero-order chi connectivity index (χ0) is 29.1. The predicted octanol–water partition coefficient (Wildman–Crippen LogP) is 4.87. The third-order valence-electron chi connectivity index (χ3n) is 7.55. The second kappa shape index (κ2) is 12.4. The van der Waals surface area contributed by atoms with Gasteiger partial charge in [-0.15, -0.1) is 0 Å². The lowest BCUT2D eigenvalue weighted by atomic mass is 9.82. The number of halogens is 1. The number of anilines is 1. The minimum Gasteiger partial charge on any atom is -0.479 e. The van der Waals surface area contributed by atoms with Crippen molar-refractivity contribution < 1.29 is 28.5 Å². The lowest BCUT2D eigenvalue weighted by Crippen LogP contribution is -2.39. The molecule has 0 aromatic carbocycles. The number of carboxylic acid groups (broad SMARTS) is 1. The smallest absolute Gasteiger partial charge is 0.337 e. The first-order valence-corrected chi connectivity index (χ1v) is 14.1. The van der Waals surface area contributed by atoms with E-state index in [2.05, 4.69) is 33.6 Å². The molecule has 0 spiro atoms. The van der Waals surface area contributed by atoms with Crippen molar-refractivity contribution in [1.82, 2.24) is 14.9 Å². The van der Waals surface area contributed by atoms with E-state index in [1.54, 1.807) is 19.3 Å². The predicted molar refractivity (Wildman–Crippen MR) is 151 cm³/mol. The fourth-order valence-corrected chi connectivity index (χ4v) is 5.17. The highest BCUT2D eigenvalue weighted by Crippen LogP contribution is 2.43. The Balaban J connectivity index is 1.70. The highest BCUT2D eigenvalue weighted by molar-refractivity contribution is 5.86. The van der Waals surface area contributed by atoms with Gasteiger partial charge in [0.1, 0.15) is 6.61 Å². The number of aromatic nitrogens is 2. The topological polar surface area (TPSA) is 97.3 Å². The van der Waals surface area contributed by atoms with Gasteiger partial charge < -0.3 is 24.2 Å². The lowest BCUT2D eigenvalue weighted by Gasteiger charge is -2.40. The molecule has 0 saturated carbocycles. The summed E-state index contributed by atoms with van der Waals surface area (Å²) in [6.07, 6.45) is 3.89. The quantitative estimate of drug-likeness (QED) is 0.462. The summed E-state index contributed by atoms with van der Waals surface area (Å²) in [7, 11) is 0. The summed E-state index contributed by atoms with van der Waals surface area (Å²) in [6.45, 7) is 17.2. The fraction of sp³-hybridized carbons (Fsp3) is 0.633. The van der Waals surface area contributed by atoms with Crippen LogP contribution < -0.4 is 9.64 Å². The number of rotatable bonds is 9. The summed E-state index contributed by atoms with van der Waals surface area (Å²) in [5, 5.41) is 10.3. The number of hydrogen-bond donors (Lipinski definition) is 1. The molecule has 4 rings (SSSR count). The largest absolute Gasteiger partial charge is 0.479 e. The molecule has 2 saturated heterocycles. The molecule has 0 unspecified atom stereocenters. The van der Waals surface area contributed by atoms with Crippen molar-refractivity contribution in [3.8, 4) is 17.0 Å². The molecule has 0 radical (unpaired) electrons. The molecule has 2 aromatic rings. The first-order valence-electron chi connectivity index (χ1n) is 14.1. The molecule has 2 fully saturated rings. The van der Waals surface area contributed by atoms with Crippen LogP contribution in [0.25, 0.3) is 11.1 Å². The van der Waals surface area contributed by atoms with Gasteiger partial charge in [-0.2, -0.15) is 0 Å². The van der Waals surface area contributed by atoms with Crippen molar-refractivity contribution in [1.29, 1.82) is 0 Å². The third kappa shape index (κ3) is 7.47. The van der Waals surface area contributed by atoms with Crippen LogP contribution in [0.5, 0.6) is 5.88 Å². The maximum atomic E-state index is 15.3. The number of carboxylic acids is 1. The number of hydrogen-bond acceptors (Lipinski definition) is 8. The molecule has 0 amide bonds. The second-order valence-electron chi connectivity index (χ2n) is 12.4. The Labute approximate surface area is 236 Å². The number of piperidine rings is 1. The second-order valence-corrected chi connectivity index (χ2v) is 12.4. The van der Waals surface area contributed by atoms with Gasteiger partial charge in [0, 0.05) is 67.5 Å². The zero-order valence-corrected chi connectivity index (χ0v) is 24.6. The number of nitrogens with zero attached hydrogens (tertiary/aromatic N) is 4. The summed E-state index contributed by atoms with van der Waals surface area (Å²) < 4.78 is 32.4. The van der Waals surface area contributed by atoms with Crippen LogP contribution in [0, 0.1) is 18.2 Å². The molecule has 4 heterocycles. The summed E-state index contributed by atoms with van der Waals surface area (Å²) in [6, 6.07) is 1.39. The molecule has 220 valence electrons. The van der Waals surface area contributed by atoms with Crippen molar-refractivity contribution in [3.63, 3.8) is 0 Å². The van der Waals surface area contributed by atoms with Crippen LogP contribution in [0.1, 0.15) is 64.8 Å². The van der Waals surface area contributed by atoms with Crippen LogP contribution in [-0.2, 0) is 14.3 Å². The molecule has 1 atom stereocenters. The number of ether oxygens (including phenoxy) is 3. The van der Waals surface area contributed by atoms with Crippen LogP contribution in [0.2, 0.25) is 0 Å². The van der Waals surface area contributed by atoms with E-state index in [1.807, 2.05) is 20.8 Å². The molecule has 9 nitrogen and oxygen atoms in total. The van der Waals surface area contributed by atoms with E-state index in [9.17, 15) is 9.90 Å². The molecular formula is C30H43FN4O5. The van der Waals surface area contributed by atoms with Crippen LogP contribution in [-0.4, -0.2) is 84.1 Å². The Morgan fingerprint density at radius 1 is 1.15 bits per heavy atom. The molecule has 2 aromatic heterocycles. The maximum Gasteiger partial charge on any atom is 0.337 e. The van der Waals surface area contributed by atoms with Gasteiger partial charge in [0.15, 0.2) is 11.9 Å². The molecule has 1 N–H and O–H groups in total. The maximum absolute atomic E-state index is 15.3. The van der Waals surface area contributed by atoms with E-state index in [0.29, 0.717) is 54.4 Å². The Morgan fingerprint density at radius 3 is 2.42 bits per heavy atom. The molecule has 2 aliphatic heterocycles. The van der Waals surface area contributed by atoms with Gasteiger partial charge >= 0.3 is 5.97 Å². The summed E-state index contributed by atoms with van der Waals surface area (Å²) in [4.78, 5) is 25.8. The molecule has 40 heavy (non-hydrogen) atoms. The normalized spacial score (nSPS) is 18.9. The van der Waals surface area contributed by atoms with Crippen molar-refractivity contribution in [2.45, 2.75) is 66.1 Å².